The van der Waals surface area contributed by atoms with Crippen LogP contribution < -0.4 is 10.2 Å². The fourth-order valence-electron chi connectivity index (χ4n) is 3.88. The number of fused-ring (bicyclic) bond motifs is 1. The van der Waals surface area contributed by atoms with Gasteiger partial charge in [0.15, 0.2) is 5.16 Å². The number of carbonyl (C=O) groups is 1. The fourth-order valence-corrected chi connectivity index (χ4v) is 4.75. The molecule has 0 saturated carbocycles. The van der Waals surface area contributed by atoms with Gasteiger partial charge in [0.1, 0.15) is 0 Å². The number of amides is 1. The van der Waals surface area contributed by atoms with E-state index in [1.54, 1.807) is 6.20 Å². The van der Waals surface area contributed by atoms with Gasteiger partial charge in [-0.05, 0) is 50.2 Å². The molecule has 1 unspecified atom stereocenters. The number of nitrogens with zero attached hydrogens (tertiary/aromatic N) is 5. The minimum atomic E-state index is -0.391. The van der Waals surface area contributed by atoms with Gasteiger partial charge >= 0.3 is 0 Å². The summed E-state index contributed by atoms with van der Waals surface area (Å²) in [5.74, 6) is 0.662. The molecular weight excluding hydrogens is 448 g/mol. The van der Waals surface area contributed by atoms with Gasteiger partial charge in [0, 0.05) is 24.7 Å². The van der Waals surface area contributed by atoms with Crippen LogP contribution in [0, 0.1) is 6.92 Å². The Labute approximate surface area is 202 Å². The van der Waals surface area contributed by atoms with Crippen LogP contribution in [0.5, 0.6) is 0 Å². The normalized spacial score (nSPS) is 14.8. The first kappa shape index (κ1) is 22.4. The van der Waals surface area contributed by atoms with Crippen molar-refractivity contribution in [1.82, 2.24) is 19.7 Å². The molecule has 4 aromatic rings. The van der Waals surface area contributed by atoms with Crippen molar-refractivity contribution in [1.29, 1.82) is 0 Å². The second-order valence-corrected chi connectivity index (χ2v) is 9.49. The number of hydrogen-bond donors (Lipinski definition) is 1. The summed E-state index contributed by atoms with van der Waals surface area (Å²) >= 11 is 1.39. The molecular formula is C25H26N6O2S. The Morgan fingerprint density at radius 3 is 2.65 bits per heavy atom. The number of aromatic nitrogens is 4. The summed E-state index contributed by atoms with van der Waals surface area (Å²) < 4.78 is 7.54. The number of aryl methyl sites for hydroxylation is 1. The SMILES string of the molecule is Cc1ccc(-n2c(SC(C)C(=O)Nc3cccc4ncccc34)nnc2N2CCOCC2)cc1. The number of benzene rings is 2. The zero-order valence-corrected chi connectivity index (χ0v) is 20.0. The Bertz CT molecular complexity index is 1300. The van der Waals surface area contributed by atoms with E-state index in [-0.39, 0.29) is 5.91 Å². The number of rotatable bonds is 6. The molecule has 0 bridgehead atoms. The zero-order chi connectivity index (χ0) is 23.5. The van der Waals surface area contributed by atoms with Crippen LogP contribution in [0.2, 0.25) is 0 Å². The van der Waals surface area contributed by atoms with Crippen molar-refractivity contribution in [3.63, 3.8) is 0 Å². The van der Waals surface area contributed by atoms with Crippen LogP contribution in [0.25, 0.3) is 16.6 Å². The van der Waals surface area contributed by atoms with E-state index in [1.807, 2.05) is 41.8 Å². The van der Waals surface area contributed by atoms with Gasteiger partial charge in [-0.25, -0.2) is 0 Å². The predicted octanol–water partition coefficient (Wildman–Crippen LogP) is 4.08. The molecule has 2 aromatic carbocycles. The van der Waals surface area contributed by atoms with Gasteiger partial charge < -0.3 is 15.0 Å². The number of morpholine rings is 1. The molecule has 1 atom stereocenters. The molecule has 1 aliphatic heterocycles. The first-order valence-corrected chi connectivity index (χ1v) is 12.1. The van der Waals surface area contributed by atoms with Crippen LogP contribution in [0.3, 0.4) is 0 Å². The summed E-state index contributed by atoms with van der Waals surface area (Å²) in [6.07, 6.45) is 1.75. The van der Waals surface area contributed by atoms with E-state index in [2.05, 4.69) is 56.6 Å². The average molecular weight is 475 g/mol. The number of anilines is 2. The molecule has 0 aliphatic carbocycles. The van der Waals surface area contributed by atoms with Gasteiger partial charge in [0.25, 0.3) is 0 Å². The van der Waals surface area contributed by atoms with Gasteiger partial charge in [0.05, 0.1) is 35.4 Å². The van der Waals surface area contributed by atoms with Gasteiger partial charge in [-0.15, -0.1) is 10.2 Å². The van der Waals surface area contributed by atoms with E-state index in [0.717, 1.165) is 41.3 Å². The molecule has 1 fully saturated rings. The highest BCUT2D eigenvalue weighted by molar-refractivity contribution is 8.00. The van der Waals surface area contributed by atoms with Crippen molar-refractivity contribution >= 4 is 40.2 Å². The Balaban J connectivity index is 1.41. The van der Waals surface area contributed by atoms with E-state index in [4.69, 9.17) is 4.74 Å². The Kier molecular flexibility index (Phi) is 6.46. The van der Waals surface area contributed by atoms with Gasteiger partial charge in [-0.3, -0.25) is 14.3 Å². The lowest BCUT2D eigenvalue weighted by molar-refractivity contribution is -0.115. The van der Waals surface area contributed by atoms with Crippen LogP contribution >= 0.6 is 11.8 Å². The third kappa shape index (κ3) is 4.62. The lowest BCUT2D eigenvalue weighted by Crippen LogP contribution is -2.38. The van der Waals surface area contributed by atoms with E-state index >= 15 is 0 Å². The van der Waals surface area contributed by atoms with Crippen LogP contribution in [0.1, 0.15) is 12.5 Å². The van der Waals surface area contributed by atoms with Crippen molar-refractivity contribution in [2.75, 3.05) is 36.5 Å². The molecule has 2 aromatic heterocycles. The standard InChI is InChI=1S/C25H26N6O2S/c1-17-8-10-19(11-9-17)31-24(30-13-15-33-16-14-30)28-29-25(31)34-18(2)23(32)27-22-7-3-6-21-20(22)5-4-12-26-21/h3-12,18H,13-16H2,1-2H3,(H,27,32). The van der Waals surface area contributed by atoms with Crippen molar-refractivity contribution in [3.05, 3.63) is 66.4 Å². The molecule has 0 spiro atoms. The average Bonchev–Trinajstić information content (AvgIpc) is 3.28. The molecule has 1 saturated heterocycles. The molecule has 3 heterocycles. The number of pyridine rings is 1. The summed E-state index contributed by atoms with van der Waals surface area (Å²) in [5.41, 5.74) is 3.73. The smallest absolute Gasteiger partial charge is 0.237 e. The predicted molar refractivity (Wildman–Crippen MR) is 135 cm³/mol. The van der Waals surface area contributed by atoms with E-state index < -0.39 is 5.25 Å². The highest BCUT2D eigenvalue weighted by Crippen LogP contribution is 2.31. The van der Waals surface area contributed by atoms with Gasteiger partial charge in [-0.2, -0.15) is 0 Å². The maximum Gasteiger partial charge on any atom is 0.237 e. The molecule has 174 valence electrons. The highest BCUT2D eigenvalue weighted by Gasteiger charge is 2.25. The summed E-state index contributed by atoms with van der Waals surface area (Å²) in [6, 6.07) is 17.8. The maximum absolute atomic E-state index is 13.1. The van der Waals surface area contributed by atoms with Crippen molar-refractivity contribution < 1.29 is 9.53 Å². The summed E-state index contributed by atoms with van der Waals surface area (Å²) in [6.45, 7) is 6.75. The Morgan fingerprint density at radius 1 is 1.06 bits per heavy atom. The second kappa shape index (κ2) is 9.82. The molecule has 1 amide bonds. The Morgan fingerprint density at radius 2 is 1.85 bits per heavy atom. The minimum Gasteiger partial charge on any atom is -0.378 e. The summed E-state index contributed by atoms with van der Waals surface area (Å²) in [7, 11) is 0. The van der Waals surface area contributed by atoms with E-state index in [9.17, 15) is 4.79 Å². The third-order valence-electron chi connectivity index (χ3n) is 5.76. The maximum atomic E-state index is 13.1. The fraction of sp³-hybridized carbons (Fsp3) is 0.280. The molecule has 9 heteroatoms. The number of ether oxygens (including phenoxy) is 1. The number of carbonyl (C=O) groups excluding carboxylic acids is 1. The van der Waals surface area contributed by atoms with Crippen molar-refractivity contribution in [2.45, 2.75) is 24.3 Å². The van der Waals surface area contributed by atoms with Gasteiger partial charge in [-0.1, -0.05) is 35.5 Å². The van der Waals surface area contributed by atoms with Crippen LogP contribution in [0.15, 0.2) is 66.0 Å². The van der Waals surface area contributed by atoms with E-state index in [1.165, 1.54) is 17.3 Å². The first-order valence-electron chi connectivity index (χ1n) is 11.3. The summed E-state index contributed by atoms with van der Waals surface area (Å²) in [4.78, 5) is 19.7. The van der Waals surface area contributed by atoms with Crippen molar-refractivity contribution in [2.24, 2.45) is 0 Å². The molecule has 0 radical (unpaired) electrons. The molecule has 34 heavy (non-hydrogen) atoms. The third-order valence-corrected chi connectivity index (χ3v) is 6.80. The largest absolute Gasteiger partial charge is 0.378 e. The Hall–Kier alpha value is -3.43. The van der Waals surface area contributed by atoms with Crippen molar-refractivity contribution in [3.8, 4) is 5.69 Å². The lowest BCUT2D eigenvalue weighted by atomic mass is 10.2. The van der Waals surface area contributed by atoms with Crippen LogP contribution in [0.4, 0.5) is 11.6 Å². The van der Waals surface area contributed by atoms with E-state index in [0.29, 0.717) is 18.4 Å². The molecule has 1 aliphatic rings. The summed E-state index contributed by atoms with van der Waals surface area (Å²) in [5, 5.41) is 13.2. The van der Waals surface area contributed by atoms with Gasteiger partial charge in [0.2, 0.25) is 11.9 Å². The number of hydrogen-bond acceptors (Lipinski definition) is 7. The number of nitrogens with one attached hydrogen (secondary N) is 1. The molecule has 8 nitrogen and oxygen atoms in total. The highest BCUT2D eigenvalue weighted by atomic mass is 32.2. The number of thioether (sulfide) groups is 1. The second-order valence-electron chi connectivity index (χ2n) is 8.18. The quantitative estimate of drug-likeness (QED) is 0.422. The van der Waals surface area contributed by atoms with Crippen LogP contribution in [-0.4, -0.2) is 57.2 Å². The minimum absolute atomic E-state index is 0.104. The topological polar surface area (TPSA) is 85.2 Å². The van der Waals surface area contributed by atoms with Crippen LogP contribution in [-0.2, 0) is 9.53 Å². The monoisotopic (exact) mass is 474 g/mol. The zero-order valence-electron chi connectivity index (χ0n) is 19.1. The first-order chi connectivity index (χ1) is 16.6. The lowest BCUT2D eigenvalue weighted by Gasteiger charge is -2.28. The molecule has 1 N–H and O–H groups in total. The molecule has 5 rings (SSSR count).